The number of fused-ring (bicyclic) bond motifs is 2. The zero-order valence-corrected chi connectivity index (χ0v) is 17.8. The molecule has 0 saturated heterocycles. The molecule has 0 spiro atoms. The Kier molecular flexibility index (Phi) is 4.87. The molecule has 5 rings (SSSR count). The highest BCUT2D eigenvalue weighted by molar-refractivity contribution is 6.13. The Morgan fingerprint density at radius 2 is 1.56 bits per heavy atom. The lowest BCUT2D eigenvalue weighted by molar-refractivity contribution is -0.136. The Balaban J connectivity index is 1.53. The van der Waals surface area contributed by atoms with Crippen molar-refractivity contribution in [3.05, 3.63) is 113 Å². The molecular formula is C28H23NO3. The second-order valence-corrected chi connectivity index (χ2v) is 8.32. The van der Waals surface area contributed by atoms with Gasteiger partial charge in [-0.1, -0.05) is 84.9 Å². The van der Waals surface area contributed by atoms with Crippen molar-refractivity contribution < 1.29 is 14.7 Å². The number of carbonyl (C=O) groups is 2. The molecule has 0 bridgehead atoms. The van der Waals surface area contributed by atoms with Gasteiger partial charge in [0.05, 0.1) is 18.7 Å². The van der Waals surface area contributed by atoms with E-state index >= 15 is 0 Å². The van der Waals surface area contributed by atoms with Crippen LogP contribution in [-0.2, 0) is 16.9 Å². The molecule has 0 fully saturated rings. The van der Waals surface area contributed by atoms with Crippen molar-refractivity contribution in [2.24, 2.45) is 0 Å². The number of rotatable bonds is 5. The third-order valence-electron chi connectivity index (χ3n) is 6.34. The quantitative estimate of drug-likeness (QED) is 0.453. The van der Waals surface area contributed by atoms with Gasteiger partial charge in [-0.3, -0.25) is 9.59 Å². The van der Waals surface area contributed by atoms with E-state index in [1.165, 1.54) is 0 Å². The molecule has 1 amide bonds. The molecule has 4 aromatic carbocycles. The third kappa shape index (κ3) is 3.20. The summed E-state index contributed by atoms with van der Waals surface area (Å²) >= 11 is 0. The van der Waals surface area contributed by atoms with Crippen LogP contribution in [0.1, 0.15) is 33.5 Å². The molecule has 158 valence electrons. The van der Waals surface area contributed by atoms with Crippen LogP contribution in [0.3, 0.4) is 0 Å². The van der Waals surface area contributed by atoms with Crippen LogP contribution in [0.25, 0.3) is 10.8 Å². The van der Waals surface area contributed by atoms with Gasteiger partial charge in [0.25, 0.3) is 5.91 Å². The fourth-order valence-electron chi connectivity index (χ4n) is 4.59. The van der Waals surface area contributed by atoms with Gasteiger partial charge in [-0.25, -0.2) is 0 Å². The van der Waals surface area contributed by atoms with E-state index in [0.29, 0.717) is 23.4 Å². The van der Waals surface area contributed by atoms with Gasteiger partial charge in [0.15, 0.2) is 11.4 Å². The predicted molar refractivity (Wildman–Crippen MR) is 126 cm³/mol. The molecule has 0 aliphatic carbocycles. The first-order valence-electron chi connectivity index (χ1n) is 10.7. The van der Waals surface area contributed by atoms with Crippen molar-refractivity contribution in [2.75, 3.05) is 4.90 Å². The van der Waals surface area contributed by atoms with Crippen LogP contribution in [0.5, 0.6) is 0 Å². The van der Waals surface area contributed by atoms with Gasteiger partial charge < -0.3 is 10.0 Å². The first-order valence-corrected chi connectivity index (χ1v) is 10.7. The number of amides is 1. The zero-order chi connectivity index (χ0) is 22.3. The largest absolute Gasteiger partial charge is 0.375 e. The Bertz CT molecular complexity index is 1350. The van der Waals surface area contributed by atoms with Gasteiger partial charge in [0.1, 0.15) is 0 Å². The van der Waals surface area contributed by atoms with E-state index < -0.39 is 11.5 Å². The minimum Gasteiger partial charge on any atom is -0.375 e. The van der Waals surface area contributed by atoms with Gasteiger partial charge >= 0.3 is 0 Å². The van der Waals surface area contributed by atoms with Crippen LogP contribution >= 0.6 is 0 Å². The highest BCUT2D eigenvalue weighted by Crippen LogP contribution is 2.44. The molecule has 1 heterocycles. The fourth-order valence-corrected chi connectivity index (χ4v) is 4.59. The molecule has 0 unspecified atom stereocenters. The van der Waals surface area contributed by atoms with E-state index in [2.05, 4.69) is 0 Å². The van der Waals surface area contributed by atoms with Gasteiger partial charge in [0, 0.05) is 11.1 Å². The van der Waals surface area contributed by atoms with Crippen molar-refractivity contribution in [1.29, 1.82) is 0 Å². The summed E-state index contributed by atoms with van der Waals surface area (Å²) in [6, 6.07) is 28.2. The van der Waals surface area contributed by atoms with Crippen LogP contribution in [0.4, 0.5) is 5.69 Å². The number of carbonyl (C=O) groups excluding carboxylic acids is 2. The lowest BCUT2D eigenvalue weighted by Gasteiger charge is -2.23. The molecular weight excluding hydrogens is 398 g/mol. The maximum Gasteiger partial charge on any atom is 0.264 e. The van der Waals surface area contributed by atoms with Crippen LogP contribution in [-0.4, -0.2) is 16.8 Å². The molecule has 1 atom stereocenters. The Labute approximate surface area is 186 Å². The fraction of sp³-hybridized carbons (Fsp3) is 0.143. The molecule has 0 saturated carbocycles. The summed E-state index contributed by atoms with van der Waals surface area (Å²) in [5.74, 6) is -0.722. The lowest BCUT2D eigenvalue weighted by atomic mass is 9.87. The summed E-state index contributed by atoms with van der Waals surface area (Å²) in [6.45, 7) is 2.34. The SMILES string of the molecule is Cc1ccccc1CN1C(=O)[C@](O)(CC(=O)c2cccc3ccccc23)c2ccccc21. The number of nitrogens with zero attached hydrogens (tertiary/aromatic N) is 1. The molecule has 0 aromatic heterocycles. The van der Waals surface area contributed by atoms with Crippen molar-refractivity contribution in [3.63, 3.8) is 0 Å². The molecule has 1 N–H and O–H groups in total. The van der Waals surface area contributed by atoms with E-state index in [-0.39, 0.29) is 12.2 Å². The average molecular weight is 421 g/mol. The first-order chi connectivity index (χ1) is 15.5. The topological polar surface area (TPSA) is 57.6 Å². The molecule has 0 radical (unpaired) electrons. The van der Waals surface area contributed by atoms with Gasteiger partial charge in [-0.2, -0.15) is 0 Å². The summed E-state index contributed by atoms with van der Waals surface area (Å²) < 4.78 is 0. The highest BCUT2D eigenvalue weighted by atomic mass is 16.3. The Hall–Kier alpha value is -3.76. The van der Waals surface area contributed by atoms with Crippen LogP contribution < -0.4 is 4.90 Å². The number of anilines is 1. The van der Waals surface area contributed by atoms with Gasteiger partial charge in [-0.05, 0) is 34.9 Å². The second kappa shape index (κ2) is 7.74. The zero-order valence-electron chi connectivity index (χ0n) is 17.8. The van der Waals surface area contributed by atoms with E-state index in [1.54, 1.807) is 23.1 Å². The maximum atomic E-state index is 13.6. The number of para-hydroxylation sites is 1. The molecule has 32 heavy (non-hydrogen) atoms. The van der Waals surface area contributed by atoms with Gasteiger partial charge in [0.2, 0.25) is 0 Å². The predicted octanol–water partition coefficient (Wildman–Crippen LogP) is 5.16. The normalized spacial score (nSPS) is 17.6. The number of aryl methyl sites for hydroxylation is 1. The molecule has 4 aromatic rings. The smallest absolute Gasteiger partial charge is 0.264 e. The molecule has 1 aliphatic heterocycles. The number of ketones is 1. The Morgan fingerprint density at radius 3 is 2.41 bits per heavy atom. The number of hydrogen-bond acceptors (Lipinski definition) is 3. The first kappa shape index (κ1) is 20.2. The average Bonchev–Trinajstić information content (AvgIpc) is 3.02. The summed E-state index contributed by atoms with van der Waals surface area (Å²) in [5.41, 5.74) is 1.81. The molecule has 4 nitrogen and oxygen atoms in total. The van der Waals surface area contributed by atoms with Crippen LogP contribution in [0.2, 0.25) is 0 Å². The summed E-state index contributed by atoms with van der Waals surface area (Å²) in [6.07, 6.45) is -0.304. The highest BCUT2D eigenvalue weighted by Gasteiger charge is 2.50. The number of hydrogen-bond donors (Lipinski definition) is 1. The van der Waals surface area contributed by atoms with Crippen molar-refractivity contribution in [1.82, 2.24) is 0 Å². The van der Waals surface area contributed by atoms with E-state index in [4.69, 9.17) is 0 Å². The number of aliphatic hydroxyl groups is 1. The summed E-state index contributed by atoms with van der Waals surface area (Å²) in [7, 11) is 0. The maximum absolute atomic E-state index is 13.6. The number of Topliss-reactive ketones (excluding diaryl/α,β-unsaturated/α-hetero) is 1. The molecule has 4 heteroatoms. The van der Waals surface area contributed by atoms with E-state index in [9.17, 15) is 14.7 Å². The monoisotopic (exact) mass is 421 g/mol. The standard InChI is InChI=1S/C28H23NO3/c1-19-9-2-3-11-21(19)18-29-25-16-7-6-15-24(25)28(32,27(29)31)17-26(30)23-14-8-12-20-10-4-5-13-22(20)23/h2-16,32H,17-18H2,1H3/t28-/m0/s1. The minimum atomic E-state index is -1.90. The summed E-state index contributed by atoms with van der Waals surface area (Å²) in [4.78, 5) is 28.5. The van der Waals surface area contributed by atoms with E-state index in [1.807, 2.05) is 79.7 Å². The third-order valence-corrected chi connectivity index (χ3v) is 6.34. The van der Waals surface area contributed by atoms with E-state index in [0.717, 1.165) is 21.9 Å². The number of benzene rings is 4. The van der Waals surface area contributed by atoms with Crippen molar-refractivity contribution in [3.8, 4) is 0 Å². The Morgan fingerprint density at radius 1 is 0.875 bits per heavy atom. The van der Waals surface area contributed by atoms with Crippen molar-refractivity contribution in [2.45, 2.75) is 25.5 Å². The van der Waals surface area contributed by atoms with Gasteiger partial charge in [-0.15, -0.1) is 0 Å². The molecule has 1 aliphatic rings. The minimum absolute atomic E-state index is 0.259. The second-order valence-electron chi connectivity index (χ2n) is 8.32. The van der Waals surface area contributed by atoms with Crippen molar-refractivity contribution >= 4 is 28.2 Å². The van der Waals surface area contributed by atoms with Crippen LogP contribution in [0, 0.1) is 6.92 Å². The lowest BCUT2D eigenvalue weighted by Crippen LogP contribution is -2.41. The summed E-state index contributed by atoms with van der Waals surface area (Å²) in [5, 5.41) is 13.4. The van der Waals surface area contributed by atoms with Crippen LogP contribution in [0.15, 0.2) is 91.0 Å².